The van der Waals surface area contributed by atoms with E-state index in [4.69, 9.17) is 4.42 Å². The zero-order valence-electron chi connectivity index (χ0n) is 15.8. The van der Waals surface area contributed by atoms with Gasteiger partial charge in [-0.05, 0) is 28.8 Å². The van der Waals surface area contributed by atoms with Crippen molar-refractivity contribution in [3.63, 3.8) is 0 Å². The van der Waals surface area contributed by atoms with Crippen LogP contribution in [0.3, 0.4) is 0 Å². The molecule has 1 saturated heterocycles. The van der Waals surface area contributed by atoms with Gasteiger partial charge in [0.1, 0.15) is 11.3 Å². The third-order valence-electron chi connectivity index (χ3n) is 5.47. The van der Waals surface area contributed by atoms with Crippen LogP contribution in [-0.2, 0) is 6.54 Å². The van der Waals surface area contributed by atoms with Crippen molar-refractivity contribution in [3.8, 4) is 22.5 Å². The van der Waals surface area contributed by atoms with Gasteiger partial charge in [-0.2, -0.15) is 0 Å². The topological polar surface area (TPSA) is 30.5 Å². The zero-order valence-corrected chi connectivity index (χ0v) is 15.8. The molecule has 1 radical (unpaired) electrons. The first kappa shape index (κ1) is 17.2. The molecule has 0 atom stereocenters. The third kappa shape index (κ3) is 3.47. The van der Waals surface area contributed by atoms with Gasteiger partial charge in [-0.3, -0.25) is 4.90 Å². The maximum Gasteiger partial charge on any atom is 0.135 e. The Kier molecular flexibility index (Phi) is 4.69. The molecule has 0 N–H and O–H groups in total. The average molecular weight is 367 g/mol. The van der Waals surface area contributed by atoms with Crippen LogP contribution in [0.2, 0.25) is 0 Å². The number of nitrogens with zero attached hydrogens (tertiary/aromatic N) is 2. The van der Waals surface area contributed by atoms with Crippen molar-refractivity contribution in [1.82, 2.24) is 10.2 Å². The molecule has 0 amide bonds. The molecular formula is C25H23N2O. The Labute approximate surface area is 165 Å². The van der Waals surface area contributed by atoms with Gasteiger partial charge in [0.2, 0.25) is 0 Å². The summed E-state index contributed by atoms with van der Waals surface area (Å²) in [5.41, 5.74) is 5.97. The molecule has 0 bridgehead atoms. The van der Waals surface area contributed by atoms with E-state index < -0.39 is 0 Å². The number of fused-ring (bicyclic) bond motifs is 1. The second-order valence-electron chi connectivity index (χ2n) is 7.33. The number of rotatable bonds is 4. The molecule has 0 aliphatic carbocycles. The highest BCUT2D eigenvalue weighted by molar-refractivity contribution is 5.83. The van der Waals surface area contributed by atoms with Gasteiger partial charge in [-0.1, -0.05) is 66.7 Å². The largest absolute Gasteiger partial charge is 0.456 e. The predicted octanol–water partition coefficient (Wildman–Crippen LogP) is 5.19. The minimum Gasteiger partial charge on any atom is -0.456 e. The average Bonchev–Trinajstić information content (AvgIpc) is 3.19. The van der Waals surface area contributed by atoms with Crippen LogP contribution in [0.15, 0.2) is 83.3 Å². The second-order valence-corrected chi connectivity index (χ2v) is 7.33. The fourth-order valence-electron chi connectivity index (χ4n) is 3.92. The third-order valence-corrected chi connectivity index (χ3v) is 5.47. The first-order valence-electron chi connectivity index (χ1n) is 9.90. The predicted molar refractivity (Wildman–Crippen MR) is 114 cm³/mol. The maximum atomic E-state index is 6.01. The van der Waals surface area contributed by atoms with Gasteiger partial charge in [0.15, 0.2) is 0 Å². The standard InChI is InChI=1S/C25H23N2O/c1-3-7-23(22(6-1)18-27-15-13-26-14-16-27)19-9-11-20(12-10-19)25-17-21-5-2-4-8-24(21)28-25/h1-12,17H,13-16,18H2. The van der Waals surface area contributed by atoms with Crippen molar-refractivity contribution in [2.24, 2.45) is 0 Å². The molecule has 0 saturated carbocycles. The summed E-state index contributed by atoms with van der Waals surface area (Å²) in [5, 5.41) is 5.59. The Morgan fingerprint density at radius 3 is 2.32 bits per heavy atom. The van der Waals surface area contributed by atoms with Crippen LogP contribution in [-0.4, -0.2) is 31.1 Å². The van der Waals surface area contributed by atoms with Gasteiger partial charge in [0.25, 0.3) is 0 Å². The summed E-state index contributed by atoms with van der Waals surface area (Å²) in [6.07, 6.45) is 0. The van der Waals surface area contributed by atoms with Gasteiger partial charge >= 0.3 is 0 Å². The van der Waals surface area contributed by atoms with E-state index in [2.05, 4.69) is 70.9 Å². The van der Waals surface area contributed by atoms with E-state index in [-0.39, 0.29) is 0 Å². The van der Waals surface area contributed by atoms with E-state index in [1.165, 1.54) is 16.7 Å². The lowest BCUT2D eigenvalue weighted by Crippen LogP contribution is -2.39. The molecule has 3 nitrogen and oxygen atoms in total. The van der Waals surface area contributed by atoms with Gasteiger partial charge < -0.3 is 4.42 Å². The van der Waals surface area contributed by atoms with E-state index in [9.17, 15) is 0 Å². The monoisotopic (exact) mass is 367 g/mol. The molecule has 1 fully saturated rings. The second kappa shape index (κ2) is 7.63. The summed E-state index contributed by atoms with van der Waals surface area (Å²) < 4.78 is 6.01. The molecular weight excluding hydrogens is 344 g/mol. The van der Waals surface area contributed by atoms with Crippen LogP contribution in [0, 0.1) is 0 Å². The normalized spacial score (nSPS) is 15.1. The number of hydrogen-bond donors (Lipinski definition) is 0. The smallest absolute Gasteiger partial charge is 0.135 e. The Morgan fingerprint density at radius 1 is 0.786 bits per heavy atom. The summed E-state index contributed by atoms with van der Waals surface area (Å²) in [6.45, 7) is 5.00. The van der Waals surface area contributed by atoms with Crippen LogP contribution >= 0.6 is 0 Å². The lowest BCUT2D eigenvalue weighted by atomic mass is 9.97. The lowest BCUT2D eigenvalue weighted by Gasteiger charge is -2.27. The minimum atomic E-state index is 0.915. The highest BCUT2D eigenvalue weighted by Gasteiger charge is 2.13. The minimum absolute atomic E-state index is 0.915. The SMILES string of the molecule is c1ccc(-c2ccc(-c3cc4ccccc4o3)cc2)c(CN2CC[N]CC2)c1. The summed E-state index contributed by atoms with van der Waals surface area (Å²) in [4.78, 5) is 2.49. The summed E-state index contributed by atoms with van der Waals surface area (Å²) in [7, 11) is 0. The Morgan fingerprint density at radius 2 is 1.50 bits per heavy atom. The van der Waals surface area contributed by atoms with Crippen LogP contribution in [0.1, 0.15) is 5.56 Å². The van der Waals surface area contributed by atoms with E-state index in [0.29, 0.717) is 0 Å². The summed E-state index contributed by atoms with van der Waals surface area (Å²) >= 11 is 0. The van der Waals surface area contributed by atoms with Crippen molar-refractivity contribution in [2.45, 2.75) is 6.54 Å². The molecule has 2 heterocycles. The van der Waals surface area contributed by atoms with Gasteiger partial charge in [-0.15, -0.1) is 0 Å². The van der Waals surface area contributed by atoms with Gasteiger partial charge in [0.05, 0.1) is 0 Å². The Hall–Kier alpha value is -2.88. The first-order valence-corrected chi connectivity index (χ1v) is 9.90. The number of para-hydroxylation sites is 1. The number of benzene rings is 3. The number of hydrogen-bond acceptors (Lipinski definition) is 2. The van der Waals surface area contributed by atoms with E-state index >= 15 is 0 Å². The van der Waals surface area contributed by atoms with Crippen LogP contribution in [0.25, 0.3) is 33.4 Å². The maximum absolute atomic E-state index is 6.01. The summed E-state index contributed by atoms with van der Waals surface area (Å²) in [6, 6.07) is 27.7. The van der Waals surface area contributed by atoms with E-state index in [0.717, 1.165) is 55.0 Å². The molecule has 3 heteroatoms. The molecule has 28 heavy (non-hydrogen) atoms. The fraction of sp³-hybridized carbons (Fsp3) is 0.200. The van der Waals surface area contributed by atoms with Crippen molar-refractivity contribution in [1.29, 1.82) is 0 Å². The molecule has 1 aliphatic heterocycles. The Balaban J connectivity index is 1.42. The zero-order chi connectivity index (χ0) is 18.8. The lowest BCUT2D eigenvalue weighted by molar-refractivity contribution is 0.231. The van der Waals surface area contributed by atoms with Crippen molar-refractivity contribution in [3.05, 3.63) is 84.4 Å². The van der Waals surface area contributed by atoms with E-state index in [1.54, 1.807) is 0 Å². The van der Waals surface area contributed by atoms with E-state index in [1.807, 2.05) is 18.2 Å². The van der Waals surface area contributed by atoms with Crippen molar-refractivity contribution in [2.75, 3.05) is 26.2 Å². The molecule has 5 rings (SSSR count). The van der Waals surface area contributed by atoms with Crippen LogP contribution < -0.4 is 5.32 Å². The van der Waals surface area contributed by atoms with Crippen molar-refractivity contribution >= 4 is 11.0 Å². The quantitative estimate of drug-likeness (QED) is 0.497. The molecule has 1 aliphatic rings. The molecule has 4 aromatic rings. The molecule has 139 valence electrons. The highest BCUT2D eigenvalue weighted by atomic mass is 16.3. The summed E-state index contributed by atoms with van der Waals surface area (Å²) in [5.74, 6) is 0.915. The molecule has 0 unspecified atom stereocenters. The number of furan rings is 1. The van der Waals surface area contributed by atoms with Crippen LogP contribution in [0.4, 0.5) is 0 Å². The number of piperazine rings is 1. The van der Waals surface area contributed by atoms with Gasteiger partial charge in [0, 0.05) is 43.7 Å². The van der Waals surface area contributed by atoms with Crippen molar-refractivity contribution < 1.29 is 4.42 Å². The van der Waals surface area contributed by atoms with Crippen LogP contribution in [0.5, 0.6) is 0 Å². The molecule has 1 aromatic heterocycles. The first-order chi connectivity index (χ1) is 13.9. The van der Waals surface area contributed by atoms with Gasteiger partial charge in [-0.25, -0.2) is 5.32 Å². The highest BCUT2D eigenvalue weighted by Crippen LogP contribution is 2.31. The Bertz CT molecular complexity index is 1040. The molecule has 0 spiro atoms. The fourth-order valence-corrected chi connectivity index (χ4v) is 3.92. The molecule has 3 aromatic carbocycles.